The average molecular weight is 465 g/mol. The standard InChI is InChI=1S/C24H23F4NO4/c1-14-17(10-29-11-21(12-29)33-23(30)31)3-2-16-8-20(4-5-22(14)16)32-13-15-6-18(24(26,27)28)9-19(25)7-15/h4-9,21H,2-3,10-13H2,1H3,(H,30,31). The van der Waals surface area contributed by atoms with Gasteiger partial charge in [0.25, 0.3) is 0 Å². The van der Waals surface area contributed by atoms with Crippen LogP contribution in [0.15, 0.2) is 42.0 Å². The number of ether oxygens (including phenoxy) is 2. The Bertz CT molecular complexity index is 1090. The second-order valence-electron chi connectivity index (χ2n) is 8.38. The number of hydrogen-bond donors (Lipinski definition) is 1. The Morgan fingerprint density at radius 3 is 2.61 bits per heavy atom. The summed E-state index contributed by atoms with van der Waals surface area (Å²) in [4.78, 5) is 12.7. The van der Waals surface area contributed by atoms with Crippen LogP contribution >= 0.6 is 0 Å². The van der Waals surface area contributed by atoms with E-state index in [2.05, 4.69) is 4.90 Å². The van der Waals surface area contributed by atoms with Gasteiger partial charge in [-0.3, -0.25) is 4.90 Å². The van der Waals surface area contributed by atoms with E-state index in [1.54, 1.807) is 6.07 Å². The number of carbonyl (C=O) groups is 1. The Morgan fingerprint density at radius 2 is 1.91 bits per heavy atom. The van der Waals surface area contributed by atoms with Crippen LogP contribution in [0.1, 0.15) is 35.6 Å². The van der Waals surface area contributed by atoms with Gasteiger partial charge in [0.05, 0.1) is 5.56 Å². The Morgan fingerprint density at radius 1 is 1.15 bits per heavy atom. The number of alkyl halides is 3. The molecule has 4 rings (SSSR count). The van der Waals surface area contributed by atoms with Crippen molar-refractivity contribution < 1.29 is 36.9 Å². The number of nitrogens with zero attached hydrogens (tertiary/aromatic N) is 1. The summed E-state index contributed by atoms with van der Waals surface area (Å²) in [6.07, 6.45) is -4.51. The van der Waals surface area contributed by atoms with Crippen LogP contribution in [0.2, 0.25) is 0 Å². The normalized spacial score (nSPS) is 16.9. The number of rotatable bonds is 6. The predicted molar refractivity (Wildman–Crippen MR) is 112 cm³/mol. The number of hydrogen-bond acceptors (Lipinski definition) is 4. The Kier molecular flexibility index (Phi) is 6.34. The summed E-state index contributed by atoms with van der Waals surface area (Å²) in [6.45, 7) is 3.79. The van der Waals surface area contributed by atoms with Gasteiger partial charge >= 0.3 is 12.3 Å². The van der Waals surface area contributed by atoms with Crippen LogP contribution < -0.4 is 4.74 Å². The van der Waals surface area contributed by atoms with E-state index in [-0.39, 0.29) is 18.3 Å². The van der Waals surface area contributed by atoms with Gasteiger partial charge in [-0.05, 0) is 72.4 Å². The van der Waals surface area contributed by atoms with Crippen molar-refractivity contribution in [3.63, 3.8) is 0 Å². The summed E-state index contributed by atoms with van der Waals surface area (Å²) in [5.41, 5.74) is 3.68. The first-order valence-electron chi connectivity index (χ1n) is 10.5. The summed E-state index contributed by atoms with van der Waals surface area (Å²) in [5.74, 6) is -0.440. The van der Waals surface area contributed by atoms with Gasteiger partial charge in [-0.2, -0.15) is 13.2 Å². The number of aryl methyl sites for hydroxylation is 1. The van der Waals surface area contributed by atoms with E-state index in [1.165, 1.54) is 5.57 Å². The Labute approximate surface area is 188 Å². The largest absolute Gasteiger partial charge is 0.506 e. The van der Waals surface area contributed by atoms with Gasteiger partial charge in [0, 0.05) is 19.6 Å². The van der Waals surface area contributed by atoms with Gasteiger partial charge in [-0.25, -0.2) is 9.18 Å². The van der Waals surface area contributed by atoms with Gasteiger partial charge < -0.3 is 14.6 Å². The predicted octanol–water partition coefficient (Wildman–Crippen LogP) is 5.52. The molecule has 0 bridgehead atoms. The Balaban J connectivity index is 1.40. The van der Waals surface area contributed by atoms with E-state index in [0.717, 1.165) is 48.2 Å². The maximum Gasteiger partial charge on any atom is 0.506 e. The van der Waals surface area contributed by atoms with E-state index >= 15 is 0 Å². The third-order valence-electron chi connectivity index (χ3n) is 6.00. The second-order valence-corrected chi connectivity index (χ2v) is 8.38. The Hall–Kier alpha value is -3.07. The first kappa shape index (κ1) is 23.1. The van der Waals surface area contributed by atoms with Crippen LogP contribution in [0, 0.1) is 5.82 Å². The van der Waals surface area contributed by atoms with Crippen LogP contribution in [-0.2, 0) is 23.9 Å². The zero-order valence-electron chi connectivity index (χ0n) is 17.9. The van der Waals surface area contributed by atoms with Crippen LogP contribution in [0.5, 0.6) is 5.75 Å². The molecule has 0 amide bonds. The highest BCUT2D eigenvalue weighted by Gasteiger charge is 2.32. The summed E-state index contributed by atoms with van der Waals surface area (Å²) < 4.78 is 62.7. The minimum absolute atomic E-state index is 0.109. The average Bonchev–Trinajstić information content (AvgIpc) is 2.71. The highest BCUT2D eigenvalue weighted by molar-refractivity contribution is 5.72. The zero-order valence-corrected chi connectivity index (χ0v) is 17.9. The molecule has 1 aliphatic carbocycles. The fourth-order valence-electron chi connectivity index (χ4n) is 4.30. The van der Waals surface area contributed by atoms with Crippen LogP contribution in [0.25, 0.3) is 5.57 Å². The van der Waals surface area contributed by atoms with Crippen molar-refractivity contribution in [2.45, 2.75) is 38.7 Å². The number of likely N-dealkylation sites (tertiary alicyclic amines) is 1. The molecule has 1 N–H and O–H groups in total. The summed E-state index contributed by atoms with van der Waals surface area (Å²) >= 11 is 0. The fraction of sp³-hybridized carbons (Fsp3) is 0.375. The summed E-state index contributed by atoms with van der Waals surface area (Å²) in [5, 5.41) is 8.67. The van der Waals surface area contributed by atoms with Crippen molar-refractivity contribution in [3.05, 3.63) is 70.0 Å². The molecule has 5 nitrogen and oxygen atoms in total. The van der Waals surface area contributed by atoms with E-state index in [4.69, 9.17) is 14.6 Å². The minimum atomic E-state index is -4.62. The van der Waals surface area contributed by atoms with E-state index in [9.17, 15) is 22.4 Å². The second kappa shape index (κ2) is 9.05. The third-order valence-corrected chi connectivity index (χ3v) is 6.00. The first-order valence-corrected chi connectivity index (χ1v) is 10.5. The molecule has 1 saturated heterocycles. The highest BCUT2D eigenvalue weighted by Crippen LogP contribution is 2.35. The highest BCUT2D eigenvalue weighted by atomic mass is 19.4. The zero-order chi connectivity index (χ0) is 23.8. The lowest BCUT2D eigenvalue weighted by Crippen LogP contribution is -2.53. The SMILES string of the molecule is CC1=C(CN2CC(OC(=O)O)C2)CCc2cc(OCc3cc(F)cc(C(F)(F)F)c3)ccc21. The molecular weight excluding hydrogens is 442 g/mol. The van der Waals surface area contributed by atoms with Gasteiger partial charge in [0.1, 0.15) is 24.3 Å². The molecule has 1 heterocycles. The molecule has 0 atom stereocenters. The molecule has 0 saturated carbocycles. The number of fused-ring (bicyclic) bond motifs is 1. The topological polar surface area (TPSA) is 59.0 Å². The lowest BCUT2D eigenvalue weighted by molar-refractivity contribution is -0.137. The molecule has 2 aliphatic rings. The lowest BCUT2D eigenvalue weighted by Gasteiger charge is -2.39. The van der Waals surface area contributed by atoms with Crippen molar-refractivity contribution in [2.24, 2.45) is 0 Å². The molecule has 176 valence electrons. The van der Waals surface area contributed by atoms with Crippen molar-refractivity contribution in [1.29, 1.82) is 0 Å². The molecular formula is C24H23F4NO4. The van der Waals surface area contributed by atoms with Crippen LogP contribution in [-0.4, -0.2) is 41.9 Å². The molecule has 0 radical (unpaired) electrons. The molecule has 2 aromatic rings. The molecule has 9 heteroatoms. The minimum Gasteiger partial charge on any atom is -0.489 e. The van der Waals surface area contributed by atoms with E-state index < -0.39 is 23.7 Å². The number of carboxylic acid groups (broad SMARTS) is 1. The van der Waals surface area contributed by atoms with E-state index in [0.29, 0.717) is 24.9 Å². The van der Waals surface area contributed by atoms with Crippen LogP contribution in [0.4, 0.5) is 22.4 Å². The maximum absolute atomic E-state index is 13.6. The summed E-state index contributed by atoms with van der Waals surface area (Å²) in [7, 11) is 0. The first-order chi connectivity index (χ1) is 15.6. The van der Waals surface area contributed by atoms with E-state index in [1.807, 2.05) is 19.1 Å². The van der Waals surface area contributed by atoms with Crippen molar-refractivity contribution in [1.82, 2.24) is 4.90 Å². The van der Waals surface area contributed by atoms with Crippen molar-refractivity contribution in [2.75, 3.05) is 19.6 Å². The molecule has 33 heavy (non-hydrogen) atoms. The quantitative estimate of drug-likeness (QED) is 0.450. The van der Waals surface area contributed by atoms with Gasteiger partial charge in [-0.15, -0.1) is 0 Å². The van der Waals surface area contributed by atoms with Crippen molar-refractivity contribution in [3.8, 4) is 5.75 Å². The molecule has 0 spiro atoms. The van der Waals surface area contributed by atoms with Gasteiger partial charge in [-0.1, -0.05) is 11.6 Å². The van der Waals surface area contributed by atoms with Gasteiger partial charge in [0.15, 0.2) is 0 Å². The fourth-order valence-corrected chi connectivity index (χ4v) is 4.30. The van der Waals surface area contributed by atoms with Crippen LogP contribution in [0.3, 0.4) is 0 Å². The number of benzene rings is 2. The summed E-state index contributed by atoms with van der Waals surface area (Å²) in [6, 6.07) is 7.96. The van der Waals surface area contributed by atoms with Crippen molar-refractivity contribution >= 4 is 11.7 Å². The molecule has 1 fully saturated rings. The number of halogens is 4. The third kappa shape index (κ3) is 5.47. The monoisotopic (exact) mass is 465 g/mol. The number of allylic oxidation sites excluding steroid dienone is 1. The van der Waals surface area contributed by atoms with Gasteiger partial charge in [0.2, 0.25) is 0 Å². The maximum atomic E-state index is 13.6. The molecule has 0 unspecified atom stereocenters. The molecule has 0 aromatic heterocycles. The molecule has 2 aromatic carbocycles. The smallest absolute Gasteiger partial charge is 0.489 e. The lowest BCUT2D eigenvalue weighted by atomic mass is 9.85. The molecule has 1 aliphatic heterocycles.